The van der Waals surface area contributed by atoms with Crippen molar-refractivity contribution >= 4 is 17.8 Å². The van der Waals surface area contributed by atoms with Gasteiger partial charge in [-0.15, -0.1) is 0 Å². The van der Waals surface area contributed by atoms with Crippen LogP contribution in [0.1, 0.15) is 63.7 Å². The number of benzene rings is 4. The minimum atomic E-state index is -0.982. The van der Waals surface area contributed by atoms with Crippen LogP contribution >= 0.6 is 0 Å². The van der Waals surface area contributed by atoms with Crippen molar-refractivity contribution in [3.05, 3.63) is 130 Å². The number of ether oxygens (including phenoxy) is 1. The molecule has 0 radical (unpaired) electrons. The van der Waals surface area contributed by atoms with E-state index in [-0.39, 0.29) is 16.8 Å². The molecule has 0 atom stereocenters. The van der Waals surface area contributed by atoms with E-state index in [4.69, 9.17) is 9.84 Å². The molecule has 192 valence electrons. The summed E-state index contributed by atoms with van der Waals surface area (Å²) in [5.41, 5.74) is 6.09. The van der Waals surface area contributed by atoms with E-state index in [9.17, 15) is 9.59 Å². The summed E-state index contributed by atoms with van der Waals surface area (Å²) in [7, 11) is 0. The summed E-state index contributed by atoms with van der Waals surface area (Å²) in [5, 5.41) is 9.13. The highest BCUT2D eigenvalue weighted by Gasteiger charge is 2.28. The molecular formula is C34H32O4. The molecule has 0 amide bonds. The van der Waals surface area contributed by atoms with Gasteiger partial charge in [-0.05, 0) is 58.9 Å². The molecule has 0 bridgehead atoms. The Morgan fingerprint density at radius 1 is 0.868 bits per heavy atom. The van der Waals surface area contributed by atoms with Gasteiger partial charge in [0.1, 0.15) is 12.4 Å². The van der Waals surface area contributed by atoms with E-state index < -0.39 is 5.97 Å². The fraction of sp³-hybridized carbons (Fsp3) is 0.176. The second kappa shape index (κ2) is 11.3. The second-order valence-corrected chi connectivity index (χ2v) is 10.3. The van der Waals surface area contributed by atoms with Gasteiger partial charge in [-0.25, -0.2) is 4.79 Å². The topological polar surface area (TPSA) is 63.6 Å². The van der Waals surface area contributed by atoms with Crippen LogP contribution in [0.4, 0.5) is 0 Å². The maximum absolute atomic E-state index is 13.5. The highest BCUT2D eigenvalue weighted by Crippen LogP contribution is 2.43. The number of carboxylic acid groups (broad SMARTS) is 1. The molecule has 0 spiro atoms. The van der Waals surface area contributed by atoms with Gasteiger partial charge in [0.2, 0.25) is 0 Å². The van der Waals surface area contributed by atoms with Crippen molar-refractivity contribution in [1.29, 1.82) is 0 Å². The summed E-state index contributed by atoms with van der Waals surface area (Å²) in [4.78, 5) is 24.7. The van der Waals surface area contributed by atoms with Gasteiger partial charge in [-0.3, -0.25) is 4.79 Å². The number of carbonyl (C=O) groups excluding carboxylic acids is 1. The van der Waals surface area contributed by atoms with Crippen molar-refractivity contribution in [1.82, 2.24) is 0 Å². The zero-order valence-corrected chi connectivity index (χ0v) is 22.2. The van der Waals surface area contributed by atoms with Gasteiger partial charge >= 0.3 is 5.97 Å². The standard InChI is InChI=1S/C34H32O4/c1-23-28(30(35)20-17-24-15-18-27(19-16-24)33(36)37)21-29(26-13-9-6-10-14-26)32(31(23)34(2,3)4)38-22-25-11-7-5-8-12-25/h5-21H,22H2,1-4H3,(H,36,37). The lowest BCUT2D eigenvalue weighted by Gasteiger charge is -2.29. The number of hydrogen-bond donors (Lipinski definition) is 1. The smallest absolute Gasteiger partial charge is 0.335 e. The molecule has 0 aliphatic rings. The molecule has 0 unspecified atom stereocenters. The molecule has 0 heterocycles. The molecule has 0 saturated heterocycles. The van der Waals surface area contributed by atoms with Crippen LogP contribution in [-0.2, 0) is 12.0 Å². The minimum Gasteiger partial charge on any atom is -0.488 e. The van der Waals surface area contributed by atoms with Crippen LogP contribution in [0.5, 0.6) is 5.75 Å². The largest absolute Gasteiger partial charge is 0.488 e. The van der Waals surface area contributed by atoms with Gasteiger partial charge in [0, 0.05) is 16.7 Å². The summed E-state index contributed by atoms with van der Waals surface area (Å²) in [6, 6.07) is 28.4. The van der Waals surface area contributed by atoms with Crippen LogP contribution in [0, 0.1) is 6.92 Å². The van der Waals surface area contributed by atoms with Crippen LogP contribution in [0.25, 0.3) is 17.2 Å². The van der Waals surface area contributed by atoms with E-state index in [2.05, 4.69) is 20.8 Å². The molecule has 4 heteroatoms. The van der Waals surface area contributed by atoms with Gasteiger partial charge in [0.05, 0.1) is 5.56 Å². The predicted molar refractivity (Wildman–Crippen MR) is 153 cm³/mol. The molecule has 1 N–H and O–H groups in total. The first-order valence-corrected chi connectivity index (χ1v) is 12.6. The van der Waals surface area contributed by atoms with Crippen molar-refractivity contribution < 1.29 is 19.4 Å². The first-order valence-electron chi connectivity index (χ1n) is 12.6. The van der Waals surface area contributed by atoms with Crippen molar-refractivity contribution in [2.24, 2.45) is 0 Å². The fourth-order valence-electron chi connectivity index (χ4n) is 4.63. The number of allylic oxidation sites excluding steroid dienone is 1. The van der Waals surface area contributed by atoms with Gasteiger partial charge in [-0.1, -0.05) is 99.6 Å². The summed E-state index contributed by atoms with van der Waals surface area (Å²) in [6.45, 7) is 8.80. The molecule has 0 aliphatic carbocycles. The molecule has 4 rings (SSSR count). The van der Waals surface area contributed by atoms with Crippen LogP contribution < -0.4 is 4.74 Å². The van der Waals surface area contributed by atoms with E-state index in [0.717, 1.165) is 39.1 Å². The van der Waals surface area contributed by atoms with Crippen molar-refractivity contribution in [3.63, 3.8) is 0 Å². The van der Waals surface area contributed by atoms with E-state index in [1.807, 2.05) is 73.7 Å². The summed E-state index contributed by atoms with van der Waals surface area (Å²) < 4.78 is 6.53. The minimum absolute atomic E-state index is 0.123. The van der Waals surface area contributed by atoms with Gasteiger partial charge in [-0.2, -0.15) is 0 Å². The lowest BCUT2D eigenvalue weighted by molar-refractivity contribution is 0.0696. The SMILES string of the molecule is Cc1c(C(=O)C=Cc2ccc(C(=O)O)cc2)cc(-c2ccccc2)c(OCc2ccccc2)c1C(C)(C)C. The first-order chi connectivity index (χ1) is 18.1. The molecule has 38 heavy (non-hydrogen) atoms. The van der Waals surface area contributed by atoms with E-state index in [1.54, 1.807) is 24.3 Å². The average molecular weight is 505 g/mol. The maximum Gasteiger partial charge on any atom is 0.335 e. The number of carbonyl (C=O) groups is 2. The molecule has 0 aliphatic heterocycles. The lowest BCUT2D eigenvalue weighted by atomic mass is 9.79. The predicted octanol–water partition coefficient (Wildman–Crippen LogP) is 8.13. The molecule has 4 aromatic carbocycles. The monoisotopic (exact) mass is 504 g/mol. The number of aromatic carboxylic acids is 1. The van der Waals surface area contributed by atoms with Crippen LogP contribution in [0.15, 0.2) is 97.1 Å². The second-order valence-electron chi connectivity index (χ2n) is 10.3. The third-order valence-corrected chi connectivity index (χ3v) is 6.45. The van der Waals surface area contributed by atoms with Crippen LogP contribution in [-0.4, -0.2) is 16.9 Å². The quantitative estimate of drug-likeness (QED) is 0.194. The molecule has 4 aromatic rings. The molecular weight excluding hydrogens is 472 g/mol. The van der Waals surface area contributed by atoms with E-state index in [1.165, 1.54) is 12.1 Å². The Morgan fingerprint density at radius 2 is 1.47 bits per heavy atom. The number of carboxylic acids is 1. The van der Waals surface area contributed by atoms with Gasteiger partial charge in [0.15, 0.2) is 5.78 Å². The average Bonchev–Trinajstić information content (AvgIpc) is 2.91. The highest BCUT2D eigenvalue weighted by atomic mass is 16.5. The summed E-state index contributed by atoms with van der Waals surface area (Å²) in [5.74, 6) is -0.318. The Kier molecular flexibility index (Phi) is 7.92. The molecule has 0 fully saturated rings. The third kappa shape index (κ3) is 6.09. The Bertz CT molecular complexity index is 1460. The van der Waals surface area contributed by atoms with E-state index in [0.29, 0.717) is 12.2 Å². The third-order valence-electron chi connectivity index (χ3n) is 6.45. The molecule has 0 aromatic heterocycles. The molecule has 4 nitrogen and oxygen atoms in total. The van der Waals surface area contributed by atoms with Gasteiger partial charge < -0.3 is 9.84 Å². The normalized spacial score (nSPS) is 11.5. The van der Waals surface area contributed by atoms with Gasteiger partial charge in [0.25, 0.3) is 0 Å². The highest BCUT2D eigenvalue weighted by molar-refractivity contribution is 6.09. The zero-order chi connectivity index (χ0) is 27.3. The van der Waals surface area contributed by atoms with Crippen LogP contribution in [0.3, 0.4) is 0 Å². The zero-order valence-electron chi connectivity index (χ0n) is 22.2. The number of rotatable bonds is 8. The fourth-order valence-corrected chi connectivity index (χ4v) is 4.63. The Hall–Kier alpha value is -4.44. The van der Waals surface area contributed by atoms with Crippen molar-refractivity contribution in [2.75, 3.05) is 0 Å². The Labute approximate surface area is 224 Å². The number of ketones is 1. The van der Waals surface area contributed by atoms with Crippen molar-refractivity contribution in [3.8, 4) is 16.9 Å². The Balaban J connectivity index is 1.80. The molecule has 0 saturated carbocycles. The number of hydrogen-bond acceptors (Lipinski definition) is 3. The summed E-state index contributed by atoms with van der Waals surface area (Å²) >= 11 is 0. The van der Waals surface area contributed by atoms with Crippen molar-refractivity contribution in [2.45, 2.75) is 39.7 Å². The summed E-state index contributed by atoms with van der Waals surface area (Å²) in [6.07, 6.45) is 3.26. The lowest BCUT2D eigenvalue weighted by Crippen LogP contribution is -2.18. The Morgan fingerprint density at radius 3 is 2.05 bits per heavy atom. The van der Waals surface area contributed by atoms with Crippen LogP contribution in [0.2, 0.25) is 0 Å². The first kappa shape index (κ1) is 26.6. The maximum atomic E-state index is 13.5. The van der Waals surface area contributed by atoms with E-state index >= 15 is 0 Å².